The Morgan fingerprint density at radius 1 is 1.12 bits per heavy atom. The zero-order valence-electron chi connectivity index (χ0n) is 19.8. The van der Waals surface area contributed by atoms with Gasteiger partial charge in [0.2, 0.25) is 5.95 Å². The molecule has 9 nitrogen and oxygen atoms in total. The Morgan fingerprint density at radius 2 is 1.85 bits per heavy atom. The van der Waals surface area contributed by atoms with Crippen molar-refractivity contribution in [1.82, 2.24) is 29.1 Å². The molecular weight excluding hydrogens is 435 g/mol. The summed E-state index contributed by atoms with van der Waals surface area (Å²) in [5.41, 5.74) is 2.52. The van der Waals surface area contributed by atoms with Crippen LogP contribution >= 0.6 is 9.39 Å². The minimum Gasteiger partial charge on any atom is -0.368 e. The van der Waals surface area contributed by atoms with E-state index in [-0.39, 0.29) is 11.9 Å². The normalized spacial score (nSPS) is 14.8. The number of nitrogens with zero attached hydrogens (tertiary/aromatic N) is 7. The van der Waals surface area contributed by atoms with Gasteiger partial charge in [0, 0.05) is 57.9 Å². The summed E-state index contributed by atoms with van der Waals surface area (Å²) >= 11 is 0. The second kappa shape index (κ2) is 10.0. The maximum Gasteiger partial charge on any atom is 0.270 e. The van der Waals surface area contributed by atoms with Gasteiger partial charge in [-0.1, -0.05) is 23.2 Å². The number of carbonyl (C=O) groups excluding carboxylic acids is 1. The van der Waals surface area contributed by atoms with Crippen molar-refractivity contribution in [3.63, 3.8) is 0 Å². The molecule has 0 saturated carbocycles. The first-order valence-electron chi connectivity index (χ1n) is 11.5. The topological polar surface area (TPSA) is 82.4 Å². The van der Waals surface area contributed by atoms with Crippen LogP contribution < -0.4 is 10.2 Å². The van der Waals surface area contributed by atoms with Crippen molar-refractivity contribution in [3.8, 4) is 0 Å². The molecule has 1 amide bonds. The van der Waals surface area contributed by atoms with Crippen LogP contribution in [0.4, 0.5) is 17.5 Å². The van der Waals surface area contributed by atoms with Gasteiger partial charge in [-0.05, 0) is 31.0 Å². The van der Waals surface area contributed by atoms with Crippen molar-refractivity contribution in [3.05, 3.63) is 36.3 Å². The number of pyridine rings is 1. The van der Waals surface area contributed by atoms with Crippen LogP contribution in [0.2, 0.25) is 0 Å². The van der Waals surface area contributed by atoms with E-state index >= 15 is 0 Å². The fraction of sp³-hybridized carbons (Fsp3) is 0.478. The molecule has 1 aliphatic heterocycles. The molecule has 10 heteroatoms. The zero-order chi connectivity index (χ0) is 23.5. The SMILES string of the molecule is CCC(CC)n1c(C(=O)N(C)C)cc2cnc(Nc3ccc(N4CCN(P)CC4)cn3)nc21. The summed E-state index contributed by atoms with van der Waals surface area (Å²) in [6.07, 6.45) is 5.48. The van der Waals surface area contributed by atoms with E-state index in [9.17, 15) is 4.79 Å². The van der Waals surface area contributed by atoms with Crippen LogP contribution in [0.3, 0.4) is 0 Å². The maximum atomic E-state index is 12.9. The molecule has 33 heavy (non-hydrogen) atoms. The Labute approximate surface area is 197 Å². The highest BCUT2D eigenvalue weighted by Crippen LogP contribution is 2.28. The second-order valence-corrected chi connectivity index (χ2v) is 9.32. The monoisotopic (exact) mass is 468 g/mol. The van der Waals surface area contributed by atoms with E-state index in [1.807, 2.05) is 18.3 Å². The largest absolute Gasteiger partial charge is 0.368 e. The van der Waals surface area contributed by atoms with Crippen LogP contribution in [0, 0.1) is 0 Å². The zero-order valence-corrected chi connectivity index (χ0v) is 21.0. The van der Waals surface area contributed by atoms with E-state index in [4.69, 9.17) is 4.98 Å². The number of amides is 1. The highest BCUT2D eigenvalue weighted by Gasteiger charge is 2.23. The van der Waals surface area contributed by atoms with Gasteiger partial charge in [0.15, 0.2) is 0 Å². The van der Waals surface area contributed by atoms with Crippen LogP contribution in [0.5, 0.6) is 0 Å². The number of rotatable bonds is 7. The lowest BCUT2D eigenvalue weighted by Crippen LogP contribution is -2.42. The molecule has 176 valence electrons. The molecule has 3 aromatic rings. The molecule has 4 heterocycles. The van der Waals surface area contributed by atoms with Crippen LogP contribution in [0.25, 0.3) is 11.0 Å². The summed E-state index contributed by atoms with van der Waals surface area (Å²) < 4.78 is 4.31. The third-order valence-electron chi connectivity index (χ3n) is 6.18. The van der Waals surface area contributed by atoms with Crippen molar-refractivity contribution in [2.45, 2.75) is 32.7 Å². The summed E-state index contributed by atoms with van der Waals surface area (Å²) in [5.74, 6) is 1.12. The second-order valence-electron chi connectivity index (χ2n) is 8.59. The summed E-state index contributed by atoms with van der Waals surface area (Å²) in [4.78, 5) is 30.6. The van der Waals surface area contributed by atoms with Crippen LogP contribution in [-0.2, 0) is 0 Å². The van der Waals surface area contributed by atoms with E-state index in [0.717, 1.165) is 55.7 Å². The molecule has 0 aromatic carbocycles. The van der Waals surface area contributed by atoms with Crippen LogP contribution in [-0.4, -0.2) is 75.3 Å². The van der Waals surface area contributed by atoms with Gasteiger partial charge in [-0.3, -0.25) is 9.46 Å². The summed E-state index contributed by atoms with van der Waals surface area (Å²) in [7, 11) is 6.31. The van der Waals surface area contributed by atoms with E-state index in [0.29, 0.717) is 17.5 Å². The molecule has 1 aliphatic rings. The van der Waals surface area contributed by atoms with Crippen molar-refractivity contribution in [2.24, 2.45) is 0 Å². The molecule has 3 aromatic heterocycles. The van der Waals surface area contributed by atoms with Crippen LogP contribution in [0.15, 0.2) is 30.6 Å². The average Bonchev–Trinajstić information content (AvgIpc) is 3.19. The number of fused-ring (bicyclic) bond motifs is 1. The lowest BCUT2D eigenvalue weighted by Gasteiger charge is -2.33. The van der Waals surface area contributed by atoms with Crippen LogP contribution in [0.1, 0.15) is 43.2 Å². The van der Waals surface area contributed by atoms with Gasteiger partial charge in [0.05, 0.1) is 11.9 Å². The predicted octanol–water partition coefficient (Wildman–Crippen LogP) is 3.54. The number of piperazine rings is 1. The highest BCUT2D eigenvalue weighted by molar-refractivity contribution is 7.13. The van der Waals surface area contributed by atoms with E-state index in [1.54, 1.807) is 25.2 Å². The summed E-state index contributed by atoms with van der Waals surface area (Å²) in [5, 5.41) is 4.08. The predicted molar refractivity (Wildman–Crippen MR) is 136 cm³/mol. The van der Waals surface area contributed by atoms with Gasteiger partial charge in [0.25, 0.3) is 5.91 Å². The lowest BCUT2D eigenvalue weighted by molar-refractivity contribution is 0.0815. The average molecular weight is 469 g/mol. The van der Waals surface area contributed by atoms with Crippen molar-refractivity contribution in [1.29, 1.82) is 0 Å². The number of hydrogen-bond acceptors (Lipinski definition) is 7. The quantitative estimate of drug-likeness (QED) is 0.531. The Bertz CT molecular complexity index is 1100. The third kappa shape index (κ3) is 4.94. The molecule has 0 spiro atoms. The fourth-order valence-electron chi connectivity index (χ4n) is 4.23. The third-order valence-corrected chi connectivity index (χ3v) is 6.69. The van der Waals surface area contributed by atoms with Gasteiger partial charge in [-0.15, -0.1) is 0 Å². The minimum absolute atomic E-state index is 0.0332. The van der Waals surface area contributed by atoms with Crippen molar-refractivity contribution < 1.29 is 4.79 Å². The maximum absolute atomic E-state index is 12.9. The highest BCUT2D eigenvalue weighted by atomic mass is 31.0. The van der Waals surface area contributed by atoms with Gasteiger partial charge in [-0.25, -0.2) is 9.97 Å². The minimum atomic E-state index is -0.0332. The standard InChI is InChI=1S/C23H33N8OP/c1-5-17(6-2)31-19(22(32)28(3)4)13-16-14-25-23(27-21(16)31)26-20-8-7-18(15-24-20)29-9-11-30(33)12-10-29/h7-8,13-15,17H,5-6,9-12,33H2,1-4H3,(H,24,25,26,27). The van der Waals surface area contributed by atoms with Gasteiger partial charge < -0.3 is 19.7 Å². The van der Waals surface area contributed by atoms with Crippen molar-refractivity contribution in [2.75, 3.05) is 50.5 Å². The van der Waals surface area contributed by atoms with E-state index in [1.165, 1.54) is 0 Å². The molecule has 4 rings (SSSR count). The first-order chi connectivity index (χ1) is 15.9. The Hall–Kier alpha value is -2.77. The lowest BCUT2D eigenvalue weighted by atomic mass is 10.1. The van der Waals surface area contributed by atoms with E-state index in [2.05, 4.69) is 58.7 Å². The van der Waals surface area contributed by atoms with E-state index < -0.39 is 0 Å². The van der Waals surface area contributed by atoms with Gasteiger partial charge >= 0.3 is 0 Å². The molecule has 1 unspecified atom stereocenters. The number of hydrogen-bond donors (Lipinski definition) is 1. The molecule has 1 saturated heterocycles. The molecule has 0 bridgehead atoms. The number of nitrogens with one attached hydrogen (secondary N) is 1. The molecular formula is C23H33N8OP. The first kappa shape index (κ1) is 23.4. The van der Waals surface area contributed by atoms with Gasteiger partial charge in [-0.2, -0.15) is 4.98 Å². The molecule has 1 fully saturated rings. The van der Waals surface area contributed by atoms with Crippen molar-refractivity contribution >= 4 is 43.8 Å². The Kier molecular flexibility index (Phi) is 7.10. The molecule has 0 aliphatic carbocycles. The molecule has 1 atom stereocenters. The summed E-state index contributed by atoms with van der Waals surface area (Å²) in [6, 6.07) is 6.11. The number of anilines is 3. The molecule has 0 radical (unpaired) electrons. The Balaban J connectivity index is 1.61. The first-order valence-corrected chi connectivity index (χ1v) is 12.0. The fourth-order valence-corrected chi connectivity index (χ4v) is 4.46. The summed E-state index contributed by atoms with van der Waals surface area (Å²) in [6.45, 7) is 8.28. The number of aromatic nitrogens is 4. The smallest absolute Gasteiger partial charge is 0.270 e. The van der Waals surface area contributed by atoms with Gasteiger partial charge in [0.1, 0.15) is 17.2 Å². The number of carbonyl (C=O) groups is 1. The Morgan fingerprint density at radius 3 is 2.45 bits per heavy atom. The molecule has 1 N–H and O–H groups in total.